The Kier molecular flexibility index (Phi) is 3.47. The van der Waals surface area contributed by atoms with Gasteiger partial charge in [0.05, 0.1) is 5.56 Å². The number of anilines is 2. The van der Waals surface area contributed by atoms with Gasteiger partial charge in [0.25, 0.3) is 0 Å². The number of nitrogen functional groups attached to an aromatic ring is 1. The molecule has 0 atom stereocenters. The van der Waals surface area contributed by atoms with Gasteiger partial charge in [-0.15, -0.1) is 0 Å². The van der Waals surface area contributed by atoms with Crippen molar-refractivity contribution in [2.24, 2.45) is 0 Å². The first kappa shape index (κ1) is 12.8. The summed E-state index contributed by atoms with van der Waals surface area (Å²) < 4.78 is 38.4. The molecule has 2 nitrogen and oxygen atoms in total. The van der Waals surface area contributed by atoms with Crippen molar-refractivity contribution in [3.05, 3.63) is 46.2 Å². The molecule has 0 spiro atoms. The number of benzene rings is 1. The van der Waals surface area contributed by atoms with Crippen LogP contribution in [0.3, 0.4) is 0 Å². The molecule has 1 aromatic carbocycles. The van der Waals surface area contributed by atoms with Crippen LogP contribution in [-0.4, -0.2) is 0 Å². The van der Waals surface area contributed by atoms with E-state index in [2.05, 4.69) is 5.32 Å². The number of nitrogens with two attached hydrogens (primary N) is 1. The van der Waals surface area contributed by atoms with Crippen molar-refractivity contribution in [1.82, 2.24) is 0 Å². The van der Waals surface area contributed by atoms with Crippen molar-refractivity contribution < 1.29 is 13.2 Å². The normalized spacial score (nSPS) is 11.5. The molecular formula is C12H11F3N2S. The number of hydrogen-bond donors (Lipinski definition) is 2. The van der Waals surface area contributed by atoms with Crippen LogP contribution in [0.5, 0.6) is 0 Å². The topological polar surface area (TPSA) is 38.0 Å². The van der Waals surface area contributed by atoms with Crippen molar-refractivity contribution in [2.75, 3.05) is 11.1 Å². The van der Waals surface area contributed by atoms with E-state index in [0.717, 1.165) is 11.6 Å². The summed E-state index contributed by atoms with van der Waals surface area (Å²) in [6, 6.07) is 5.61. The van der Waals surface area contributed by atoms with Gasteiger partial charge in [-0.25, -0.2) is 0 Å². The summed E-state index contributed by atoms with van der Waals surface area (Å²) in [5.41, 5.74) is 5.74. The molecule has 0 bridgehead atoms. The number of halogens is 3. The van der Waals surface area contributed by atoms with E-state index in [9.17, 15) is 13.2 Å². The van der Waals surface area contributed by atoms with Crippen LogP contribution in [0.1, 0.15) is 11.1 Å². The van der Waals surface area contributed by atoms with Gasteiger partial charge in [-0.05, 0) is 40.6 Å². The lowest BCUT2D eigenvalue weighted by Gasteiger charge is -2.14. The second kappa shape index (κ2) is 4.89. The quantitative estimate of drug-likeness (QED) is 0.830. The van der Waals surface area contributed by atoms with E-state index < -0.39 is 11.7 Å². The molecule has 0 amide bonds. The van der Waals surface area contributed by atoms with E-state index in [4.69, 9.17) is 5.73 Å². The van der Waals surface area contributed by atoms with Crippen molar-refractivity contribution in [3.63, 3.8) is 0 Å². The van der Waals surface area contributed by atoms with Gasteiger partial charge in [0.1, 0.15) is 0 Å². The Morgan fingerprint density at radius 1 is 1.22 bits per heavy atom. The number of alkyl halides is 3. The molecule has 0 fully saturated rings. The zero-order valence-electron chi connectivity index (χ0n) is 9.29. The van der Waals surface area contributed by atoms with Gasteiger partial charge in [0.2, 0.25) is 0 Å². The molecule has 0 aliphatic rings. The van der Waals surface area contributed by atoms with E-state index in [1.54, 1.807) is 0 Å². The maximum Gasteiger partial charge on any atom is 0.418 e. The maximum atomic E-state index is 12.8. The fourth-order valence-electron chi connectivity index (χ4n) is 1.54. The Labute approximate surface area is 106 Å². The Morgan fingerprint density at radius 2 is 2.00 bits per heavy atom. The minimum absolute atomic E-state index is 0.0444. The van der Waals surface area contributed by atoms with E-state index >= 15 is 0 Å². The van der Waals surface area contributed by atoms with Crippen molar-refractivity contribution in [2.45, 2.75) is 12.7 Å². The molecule has 6 heteroatoms. The third kappa shape index (κ3) is 2.95. The summed E-state index contributed by atoms with van der Waals surface area (Å²) in [7, 11) is 0. The largest absolute Gasteiger partial charge is 0.418 e. The van der Waals surface area contributed by atoms with Crippen LogP contribution < -0.4 is 11.1 Å². The smallest absolute Gasteiger partial charge is 0.399 e. The summed E-state index contributed by atoms with van der Waals surface area (Å²) in [6.07, 6.45) is -4.41. The molecule has 96 valence electrons. The number of thiophene rings is 1. The second-order valence-corrected chi connectivity index (χ2v) is 4.57. The number of hydrogen-bond acceptors (Lipinski definition) is 3. The lowest BCUT2D eigenvalue weighted by atomic mass is 10.1. The van der Waals surface area contributed by atoms with Crippen LogP contribution in [0.4, 0.5) is 24.5 Å². The van der Waals surface area contributed by atoms with E-state index in [-0.39, 0.29) is 11.4 Å². The summed E-state index contributed by atoms with van der Waals surface area (Å²) in [5, 5.41) is 6.55. The fraction of sp³-hybridized carbons (Fsp3) is 0.167. The van der Waals surface area contributed by atoms with Gasteiger partial charge in [0, 0.05) is 17.9 Å². The van der Waals surface area contributed by atoms with Crippen LogP contribution in [0.15, 0.2) is 35.0 Å². The van der Waals surface area contributed by atoms with Gasteiger partial charge in [0.15, 0.2) is 0 Å². The Bertz CT molecular complexity index is 521. The Morgan fingerprint density at radius 3 is 2.61 bits per heavy atom. The molecule has 0 radical (unpaired) electrons. The lowest BCUT2D eigenvalue weighted by Crippen LogP contribution is -2.11. The van der Waals surface area contributed by atoms with Crippen LogP contribution in [-0.2, 0) is 12.7 Å². The summed E-state index contributed by atoms with van der Waals surface area (Å²) in [4.78, 5) is 0. The molecular weight excluding hydrogens is 261 g/mol. The fourth-order valence-corrected chi connectivity index (χ4v) is 2.21. The van der Waals surface area contributed by atoms with Crippen LogP contribution in [0, 0.1) is 0 Å². The third-order valence-corrected chi connectivity index (χ3v) is 3.14. The number of rotatable bonds is 3. The standard InChI is InChI=1S/C12H11F3N2S/c13-12(14,15)10-5-9(16)1-2-11(10)17-6-8-3-4-18-7-8/h1-5,7,17H,6,16H2. The van der Waals surface area contributed by atoms with E-state index in [0.29, 0.717) is 6.54 Å². The summed E-state index contributed by atoms with van der Waals surface area (Å²) in [5.74, 6) is 0. The molecule has 1 aromatic heterocycles. The molecule has 0 unspecified atom stereocenters. The Hall–Kier alpha value is -1.69. The molecule has 18 heavy (non-hydrogen) atoms. The van der Waals surface area contributed by atoms with Crippen molar-refractivity contribution >= 4 is 22.7 Å². The van der Waals surface area contributed by atoms with Crippen LogP contribution in [0.25, 0.3) is 0 Å². The molecule has 0 aliphatic carbocycles. The van der Waals surface area contributed by atoms with Gasteiger partial charge < -0.3 is 11.1 Å². The van der Waals surface area contributed by atoms with Crippen LogP contribution in [0.2, 0.25) is 0 Å². The summed E-state index contributed by atoms with van der Waals surface area (Å²) >= 11 is 1.50. The second-order valence-electron chi connectivity index (χ2n) is 3.79. The number of nitrogens with one attached hydrogen (secondary N) is 1. The van der Waals surface area contributed by atoms with Gasteiger partial charge in [-0.2, -0.15) is 24.5 Å². The molecule has 0 aliphatic heterocycles. The predicted octanol–water partition coefficient (Wildman–Crippen LogP) is 3.96. The molecule has 0 saturated carbocycles. The molecule has 0 saturated heterocycles. The lowest BCUT2D eigenvalue weighted by molar-refractivity contribution is -0.136. The average molecular weight is 272 g/mol. The highest BCUT2D eigenvalue weighted by Gasteiger charge is 2.33. The first-order valence-corrected chi connectivity index (χ1v) is 6.13. The average Bonchev–Trinajstić information content (AvgIpc) is 2.79. The first-order valence-electron chi connectivity index (χ1n) is 5.18. The zero-order chi connectivity index (χ0) is 13.2. The predicted molar refractivity (Wildman–Crippen MR) is 67.5 cm³/mol. The molecule has 3 N–H and O–H groups in total. The first-order chi connectivity index (χ1) is 8.47. The zero-order valence-corrected chi connectivity index (χ0v) is 10.1. The maximum absolute atomic E-state index is 12.8. The highest BCUT2D eigenvalue weighted by Crippen LogP contribution is 2.36. The van der Waals surface area contributed by atoms with Gasteiger partial charge in [-0.1, -0.05) is 0 Å². The third-order valence-electron chi connectivity index (χ3n) is 2.41. The minimum atomic E-state index is -4.41. The SMILES string of the molecule is Nc1ccc(NCc2ccsc2)c(C(F)(F)F)c1. The molecule has 2 rings (SSSR count). The molecule has 1 heterocycles. The highest BCUT2D eigenvalue weighted by atomic mass is 32.1. The van der Waals surface area contributed by atoms with Gasteiger partial charge in [-0.3, -0.25) is 0 Å². The Balaban J connectivity index is 2.22. The molecule has 2 aromatic rings. The minimum Gasteiger partial charge on any atom is -0.399 e. The van der Waals surface area contributed by atoms with Crippen molar-refractivity contribution in [1.29, 1.82) is 0 Å². The van der Waals surface area contributed by atoms with E-state index in [1.807, 2.05) is 16.8 Å². The summed E-state index contributed by atoms with van der Waals surface area (Å²) in [6.45, 7) is 0.358. The highest BCUT2D eigenvalue weighted by molar-refractivity contribution is 7.07. The van der Waals surface area contributed by atoms with Crippen LogP contribution >= 0.6 is 11.3 Å². The van der Waals surface area contributed by atoms with E-state index in [1.165, 1.54) is 23.5 Å². The monoisotopic (exact) mass is 272 g/mol. The van der Waals surface area contributed by atoms with Crippen molar-refractivity contribution in [3.8, 4) is 0 Å². The van der Waals surface area contributed by atoms with Gasteiger partial charge >= 0.3 is 6.18 Å².